The Labute approximate surface area is 201 Å². The second-order valence-corrected chi connectivity index (χ2v) is 12.0. The van der Waals surface area contributed by atoms with E-state index < -0.39 is 20.8 Å². The zero-order valence-electron chi connectivity index (χ0n) is 18.9. The van der Waals surface area contributed by atoms with E-state index in [-0.39, 0.29) is 10.8 Å². The number of hydrogen-bond donors (Lipinski definition) is 1. The molecule has 2 aromatic carbocycles. The molecule has 0 radical (unpaired) electrons. The van der Waals surface area contributed by atoms with Gasteiger partial charge in [0.2, 0.25) is 10.0 Å². The van der Waals surface area contributed by atoms with Crippen molar-refractivity contribution in [2.24, 2.45) is 0 Å². The zero-order valence-corrected chi connectivity index (χ0v) is 20.5. The van der Waals surface area contributed by atoms with Gasteiger partial charge in [-0.2, -0.15) is 9.40 Å². The minimum absolute atomic E-state index is 0.187. The first-order chi connectivity index (χ1) is 16.3. The van der Waals surface area contributed by atoms with Crippen molar-refractivity contribution in [3.63, 3.8) is 0 Å². The van der Waals surface area contributed by atoms with Gasteiger partial charge in [0.25, 0.3) is 5.91 Å². The highest BCUT2D eigenvalue weighted by Gasteiger charge is 2.29. The molecule has 0 bridgehead atoms. The first-order valence-corrected chi connectivity index (χ1v) is 14.2. The van der Waals surface area contributed by atoms with E-state index in [0.717, 1.165) is 41.8 Å². The SMILES string of the molecule is Cc1ccccc1-n1nc2c(c1NC(=O)c1ccc(S(=O)(=O)N3CCCCC3)cc1)C[S@@](=O)C2. The number of para-hydroxylation sites is 1. The molecule has 3 heterocycles. The lowest BCUT2D eigenvalue weighted by molar-refractivity contribution is 0.102. The topological polar surface area (TPSA) is 101 Å². The van der Waals surface area contributed by atoms with Crippen LogP contribution >= 0.6 is 0 Å². The Balaban J connectivity index is 1.43. The summed E-state index contributed by atoms with van der Waals surface area (Å²) in [6.45, 7) is 3.02. The average molecular weight is 499 g/mol. The molecule has 0 aliphatic carbocycles. The Morgan fingerprint density at radius 2 is 1.71 bits per heavy atom. The van der Waals surface area contributed by atoms with Gasteiger partial charge >= 0.3 is 0 Å². The molecule has 0 saturated carbocycles. The highest BCUT2D eigenvalue weighted by atomic mass is 32.2. The van der Waals surface area contributed by atoms with Gasteiger partial charge < -0.3 is 5.32 Å². The number of nitrogens with zero attached hydrogens (tertiary/aromatic N) is 3. The smallest absolute Gasteiger partial charge is 0.256 e. The molecule has 178 valence electrons. The average Bonchev–Trinajstić information content (AvgIpc) is 3.36. The number of rotatable bonds is 5. The van der Waals surface area contributed by atoms with Crippen molar-refractivity contribution in [2.45, 2.75) is 42.6 Å². The number of carbonyl (C=O) groups is 1. The number of benzene rings is 2. The molecule has 0 spiro atoms. The van der Waals surface area contributed by atoms with Gasteiger partial charge in [-0.25, -0.2) is 13.1 Å². The fraction of sp³-hybridized carbons (Fsp3) is 0.333. The van der Waals surface area contributed by atoms with E-state index >= 15 is 0 Å². The summed E-state index contributed by atoms with van der Waals surface area (Å²) >= 11 is 0. The van der Waals surface area contributed by atoms with Crippen molar-refractivity contribution < 1.29 is 17.4 Å². The van der Waals surface area contributed by atoms with Gasteiger partial charge in [0, 0.05) is 35.0 Å². The van der Waals surface area contributed by atoms with Crippen LogP contribution in [0, 0.1) is 6.92 Å². The molecule has 1 fully saturated rings. The highest BCUT2D eigenvalue weighted by molar-refractivity contribution is 7.89. The lowest BCUT2D eigenvalue weighted by atomic mass is 10.2. The maximum absolute atomic E-state index is 13.1. The summed E-state index contributed by atoms with van der Waals surface area (Å²) in [5.41, 5.74) is 3.66. The van der Waals surface area contributed by atoms with E-state index in [1.165, 1.54) is 28.6 Å². The number of carbonyl (C=O) groups excluding carboxylic acids is 1. The Kier molecular flexibility index (Phi) is 6.13. The van der Waals surface area contributed by atoms with Gasteiger partial charge in [-0.1, -0.05) is 24.6 Å². The summed E-state index contributed by atoms with van der Waals surface area (Å²) < 4.78 is 41.1. The van der Waals surface area contributed by atoms with Crippen LogP contribution in [-0.2, 0) is 32.3 Å². The third kappa shape index (κ3) is 4.21. The first-order valence-electron chi connectivity index (χ1n) is 11.3. The minimum Gasteiger partial charge on any atom is -0.306 e. The predicted octanol–water partition coefficient (Wildman–Crippen LogP) is 3.37. The maximum atomic E-state index is 13.1. The van der Waals surface area contributed by atoms with Crippen LogP contribution in [0.2, 0.25) is 0 Å². The summed E-state index contributed by atoms with van der Waals surface area (Å²) in [5.74, 6) is 0.826. The fourth-order valence-corrected chi connectivity index (χ4v) is 7.23. The molecule has 2 aliphatic rings. The van der Waals surface area contributed by atoms with Gasteiger partial charge in [-0.3, -0.25) is 9.00 Å². The zero-order chi connectivity index (χ0) is 23.9. The molecule has 1 N–H and O–H groups in total. The van der Waals surface area contributed by atoms with Gasteiger partial charge in [-0.15, -0.1) is 0 Å². The van der Waals surface area contributed by atoms with Crippen molar-refractivity contribution in [1.29, 1.82) is 0 Å². The molecule has 1 amide bonds. The van der Waals surface area contributed by atoms with Crippen molar-refractivity contribution >= 4 is 32.5 Å². The van der Waals surface area contributed by atoms with Crippen molar-refractivity contribution in [3.8, 4) is 5.69 Å². The molecule has 1 atom stereocenters. The molecule has 1 aromatic heterocycles. The maximum Gasteiger partial charge on any atom is 0.256 e. The summed E-state index contributed by atoms with van der Waals surface area (Å²) in [5, 5.41) is 7.58. The molecule has 5 rings (SSSR count). The molecule has 10 heteroatoms. The van der Waals surface area contributed by atoms with E-state index in [2.05, 4.69) is 10.4 Å². The molecule has 3 aromatic rings. The third-order valence-electron chi connectivity index (χ3n) is 6.31. The van der Waals surface area contributed by atoms with Crippen LogP contribution in [0.4, 0.5) is 5.82 Å². The number of amides is 1. The van der Waals surface area contributed by atoms with Crippen molar-refractivity contribution in [1.82, 2.24) is 14.1 Å². The number of aryl methyl sites for hydroxylation is 1. The standard InChI is InChI=1S/C24H26N4O4S2/c1-17-7-3-4-8-22(17)28-23(20-15-33(30)16-21(20)26-28)25-24(29)18-9-11-19(12-10-18)34(31,32)27-13-5-2-6-14-27/h3-4,7-12H,2,5-6,13-16H2,1H3,(H,25,29)/t33-/m1/s1. The van der Waals surface area contributed by atoms with Crippen molar-refractivity contribution in [2.75, 3.05) is 18.4 Å². The largest absolute Gasteiger partial charge is 0.306 e. The molecular formula is C24H26N4O4S2. The number of sulfonamides is 1. The molecule has 0 unspecified atom stereocenters. The van der Waals surface area contributed by atoms with Crippen molar-refractivity contribution in [3.05, 3.63) is 70.9 Å². The Morgan fingerprint density at radius 3 is 2.41 bits per heavy atom. The molecule has 2 aliphatic heterocycles. The summed E-state index contributed by atoms with van der Waals surface area (Å²) in [4.78, 5) is 13.3. The van der Waals surface area contributed by atoms with Gasteiger partial charge in [0.1, 0.15) is 5.82 Å². The second kappa shape index (κ2) is 9.09. The third-order valence-corrected chi connectivity index (χ3v) is 9.43. The lowest BCUT2D eigenvalue weighted by Gasteiger charge is -2.25. The fourth-order valence-electron chi connectivity index (χ4n) is 4.44. The van der Waals surface area contributed by atoms with Gasteiger partial charge in [0.15, 0.2) is 0 Å². The van der Waals surface area contributed by atoms with Crippen LogP contribution in [0.25, 0.3) is 5.69 Å². The molecular weight excluding hydrogens is 472 g/mol. The minimum atomic E-state index is -3.56. The van der Waals surface area contributed by atoms with Crippen LogP contribution in [0.15, 0.2) is 53.4 Å². The first kappa shape index (κ1) is 22.9. The van der Waals surface area contributed by atoms with E-state index in [1.54, 1.807) is 4.68 Å². The monoisotopic (exact) mass is 498 g/mol. The number of fused-ring (bicyclic) bond motifs is 1. The number of hydrogen-bond acceptors (Lipinski definition) is 5. The highest BCUT2D eigenvalue weighted by Crippen LogP contribution is 2.32. The van der Waals surface area contributed by atoms with E-state index in [9.17, 15) is 17.4 Å². The summed E-state index contributed by atoms with van der Waals surface area (Å²) in [6.07, 6.45) is 2.77. The van der Waals surface area contributed by atoms with Crippen LogP contribution in [0.3, 0.4) is 0 Å². The van der Waals surface area contributed by atoms with E-state index in [1.807, 2.05) is 31.2 Å². The van der Waals surface area contributed by atoms with Crippen LogP contribution in [0.5, 0.6) is 0 Å². The number of aromatic nitrogens is 2. The molecule has 8 nitrogen and oxygen atoms in total. The van der Waals surface area contributed by atoms with Crippen LogP contribution in [0.1, 0.15) is 46.4 Å². The Morgan fingerprint density at radius 1 is 1.00 bits per heavy atom. The van der Waals surface area contributed by atoms with E-state index in [4.69, 9.17) is 0 Å². The summed E-state index contributed by atoms with van der Waals surface area (Å²) in [6, 6.07) is 13.7. The molecule has 1 saturated heterocycles. The Hall–Kier alpha value is -2.82. The van der Waals surface area contributed by atoms with Crippen LogP contribution < -0.4 is 5.32 Å². The Bertz CT molecular complexity index is 1370. The lowest BCUT2D eigenvalue weighted by Crippen LogP contribution is -2.35. The number of piperidine rings is 1. The predicted molar refractivity (Wildman–Crippen MR) is 131 cm³/mol. The van der Waals surface area contributed by atoms with Gasteiger partial charge in [-0.05, 0) is 55.7 Å². The van der Waals surface area contributed by atoms with Gasteiger partial charge in [0.05, 0.1) is 27.8 Å². The normalized spacial score (nSPS) is 18.6. The van der Waals surface area contributed by atoms with Crippen LogP contribution in [-0.4, -0.2) is 45.7 Å². The van der Waals surface area contributed by atoms with E-state index in [0.29, 0.717) is 36.0 Å². The molecule has 34 heavy (non-hydrogen) atoms. The summed E-state index contributed by atoms with van der Waals surface area (Å²) in [7, 11) is -4.60. The second-order valence-electron chi connectivity index (χ2n) is 8.64. The number of anilines is 1. The number of nitrogens with one attached hydrogen (secondary N) is 1. The quantitative estimate of drug-likeness (QED) is 0.581.